The van der Waals surface area contributed by atoms with E-state index < -0.39 is 0 Å². The average molecular weight is 591 g/mol. The van der Waals surface area contributed by atoms with E-state index in [0.717, 1.165) is 29.7 Å². The van der Waals surface area contributed by atoms with E-state index in [1.165, 1.54) is 11.3 Å². The van der Waals surface area contributed by atoms with Crippen LogP contribution in [0, 0.1) is 10.8 Å². The summed E-state index contributed by atoms with van der Waals surface area (Å²) in [4.78, 5) is 3.34. The third-order valence-electron chi connectivity index (χ3n) is 4.20. The minimum Gasteiger partial charge on any atom is -0.396 e. The number of thiol groups is 4. The molecule has 228 valence electrons. The standard InChI is InChI=1S/C6H14O2.C6H14S2.C3H9NO2.C3H9NS2.2C2H6.3CH4/c2*1-3-6(2,4-7)5-8;2*1-4(2-5)3-6;2*1-2;;;/h2*7-8H,3-5H2,1-2H3;2*5-6H,2-3H2,1H3;2*1-2H3;3*1H4. The van der Waals surface area contributed by atoms with Crippen LogP contribution in [0.15, 0.2) is 0 Å². The number of aliphatic hydroxyl groups is 4. The van der Waals surface area contributed by atoms with Crippen molar-refractivity contribution in [3.63, 3.8) is 0 Å². The van der Waals surface area contributed by atoms with E-state index in [1.54, 1.807) is 7.05 Å². The Hall–Kier alpha value is 1.16. The molecule has 0 amide bonds. The highest BCUT2D eigenvalue weighted by atomic mass is 32.1. The van der Waals surface area contributed by atoms with Crippen molar-refractivity contribution in [3.05, 3.63) is 0 Å². The molecule has 0 saturated heterocycles. The maximum Gasteiger partial charge on any atom is 0.0971 e. The Morgan fingerprint density at radius 2 is 0.829 bits per heavy atom. The molecule has 10 heteroatoms. The Morgan fingerprint density at radius 3 is 0.829 bits per heavy atom. The highest BCUT2D eigenvalue weighted by molar-refractivity contribution is 7.81. The van der Waals surface area contributed by atoms with E-state index in [-0.39, 0.29) is 54.4 Å². The summed E-state index contributed by atoms with van der Waals surface area (Å²) >= 11 is 16.4. The smallest absolute Gasteiger partial charge is 0.0971 e. The molecule has 0 fully saturated rings. The van der Waals surface area contributed by atoms with Gasteiger partial charge in [0.2, 0.25) is 0 Å². The summed E-state index contributed by atoms with van der Waals surface area (Å²) in [5.41, 5.74) is 0.0895. The van der Waals surface area contributed by atoms with Crippen molar-refractivity contribution in [1.29, 1.82) is 0 Å². The van der Waals surface area contributed by atoms with Crippen molar-refractivity contribution in [2.75, 3.05) is 64.0 Å². The van der Waals surface area contributed by atoms with Crippen LogP contribution in [0.3, 0.4) is 0 Å². The molecule has 0 unspecified atom stereocenters. The molecule has 0 aromatic heterocycles. The first kappa shape index (κ1) is 60.6. The number of hydrogen-bond donors (Lipinski definition) is 8. The fraction of sp³-hybridized carbons (Fsp3) is 1.00. The van der Waals surface area contributed by atoms with Gasteiger partial charge in [0.15, 0.2) is 0 Å². The Labute approximate surface area is 245 Å². The first-order chi connectivity index (χ1) is 15.0. The lowest BCUT2D eigenvalue weighted by Crippen LogP contribution is -2.24. The van der Waals surface area contributed by atoms with Crippen molar-refractivity contribution in [3.8, 4) is 0 Å². The van der Waals surface area contributed by atoms with Gasteiger partial charge in [0.1, 0.15) is 0 Å². The fourth-order valence-corrected chi connectivity index (χ4v) is 1.84. The summed E-state index contributed by atoms with van der Waals surface area (Å²) < 4.78 is 0. The summed E-state index contributed by atoms with van der Waals surface area (Å²) in [6.07, 6.45) is 1.99. The Balaban J connectivity index is -0.0000000343. The summed E-state index contributed by atoms with van der Waals surface area (Å²) in [5.74, 6) is 3.44. The predicted molar refractivity (Wildman–Crippen MR) is 179 cm³/mol. The zero-order valence-corrected chi connectivity index (χ0v) is 26.1. The van der Waals surface area contributed by atoms with E-state index in [2.05, 4.69) is 64.4 Å². The van der Waals surface area contributed by atoms with Crippen LogP contribution >= 0.6 is 50.5 Å². The van der Waals surface area contributed by atoms with Gasteiger partial charge in [0, 0.05) is 17.2 Å². The Morgan fingerprint density at radius 1 is 0.571 bits per heavy atom. The second kappa shape index (κ2) is 48.3. The largest absolute Gasteiger partial charge is 0.396 e. The van der Waals surface area contributed by atoms with Crippen LogP contribution in [0.2, 0.25) is 0 Å². The first-order valence-electron chi connectivity index (χ1n) is 11.2. The van der Waals surface area contributed by atoms with Crippen LogP contribution in [0.1, 0.15) is 90.5 Å². The predicted octanol–water partition coefficient (Wildman–Crippen LogP) is 6.12. The van der Waals surface area contributed by atoms with Gasteiger partial charge in [-0.2, -0.15) is 50.5 Å². The first-order valence-corrected chi connectivity index (χ1v) is 13.8. The van der Waals surface area contributed by atoms with Gasteiger partial charge in [0.05, 0.1) is 26.7 Å². The van der Waals surface area contributed by atoms with Crippen LogP contribution in [-0.4, -0.2) is 94.3 Å². The minimum absolute atomic E-state index is 0. The summed E-state index contributed by atoms with van der Waals surface area (Å²) in [6, 6.07) is 0. The van der Waals surface area contributed by atoms with Gasteiger partial charge >= 0.3 is 0 Å². The highest BCUT2D eigenvalue weighted by Crippen LogP contribution is 2.23. The second-order valence-corrected chi connectivity index (χ2v) is 8.44. The van der Waals surface area contributed by atoms with Gasteiger partial charge in [-0.1, -0.05) is 77.7 Å². The van der Waals surface area contributed by atoms with Gasteiger partial charge in [-0.05, 0) is 43.9 Å². The molecule has 0 bridgehead atoms. The fourth-order valence-electron chi connectivity index (χ4n) is 0.637. The average Bonchev–Trinajstić information content (AvgIpc) is 2.89. The highest BCUT2D eigenvalue weighted by Gasteiger charge is 2.18. The van der Waals surface area contributed by atoms with E-state index in [1.807, 2.05) is 53.5 Å². The van der Waals surface area contributed by atoms with Crippen LogP contribution in [0.5, 0.6) is 0 Å². The molecule has 4 N–H and O–H groups in total. The van der Waals surface area contributed by atoms with Crippen molar-refractivity contribution in [1.82, 2.24) is 9.80 Å². The topological polar surface area (TPSA) is 87.4 Å². The van der Waals surface area contributed by atoms with Crippen LogP contribution < -0.4 is 0 Å². The van der Waals surface area contributed by atoms with Crippen LogP contribution in [0.4, 0.5) is 0 Å². The molecule has 0 spiro atoms. The molecular formula is C25H70N2O4S4. The summed E-state index contributed by atoms with van der Waals surface area (Å²) in [6.45, 7) is 16.1. The van der Waals surface area contributed by atoms with Crippen molar-refractivity contribution < 1.29 is 20.4 Å². The normalized spacial score (nSPS) is 9.26. The van der Waals surface area contributed by atoms with E-state index in [0.29, 0.717) is 5.41 Å². The minimum atomic E-state index is -0.264. The third-order valence-corrected chi connectivity index (χ3v) is 6.69. The molecule has 0 aliphatic rings. The zero-order valence-electron chi connectivity index (χ0n) is 22.5. The molecular weight excluding hydrogens is 521 g/mol. The van der Waals surface area contributed by atoms with Gasteiger partial charge < -0.3 is 20.4 Å². The summed E-state index contributed by atoms with van der Waals surface area (Å²) in [7, 11) is 3.57. The van der Waals surface area contributed by atoms with Crippen molar-refractivity contribution in [2.24, 2.45) is 10.8 Å². The maximum atomic E-state index is 8.63. The molecule has 6 nitrogen and oxygen atoms in total. The quantitative estimate of drug-likeness (QED) is 0.116. The molecule has 0 aliphatic heterocycles. The lowest BCUT2D eigenvalue weighted by Gasteiger charge is -2.22. The van der Waals surface area contributed by atoms with Crippen molar-refractivity contribution >= 4 is 50.5 Å². The van der Waals surface area contributed by atoms with E-state index >= 15 is 0 Å². The Bertz CT molecular complexity index is 250. The molecule has 0 aliphatic carbocycles. The Kier molecular flexibility index (Phi) is 83.5. The third kappa shape index (κ3) is 52.4. The maximum absolute atomic E-state index is 8.63. The number of nitrogens with zero attached hydrogens (tertiary/aromatic N) is 2. The molecule has 0 saturated carbocycles. The molecule has 0 heterocycles. The van der Waals surface area contributed by atoms with Crippen LogP contribution in [0.25, 0.3) is 0 Å². The number of aliphatic hydroxyl groups excluding tert-OH is 4. The lowest BCUT2D eigenvalue weighted by molar-refractivity contribution is 0.0512. The van der Waals surface area contributed by atoms with Gasteiger partial charge in [-0.15, -0.1) is 0 Å². The van der Waals surface area contributed by atoms with Crippen molar-refractivity contribution in [2.45, 2.75) is 90.5 Å². The molecule has 0 aromatic carbocycles. The van der Waals surface area contributed by atoms with E-state index in [4.69, 9.17) is 20.4 Å². The molecule has 0 rings (SSSR count). The lowest BCUT2D eigenvalue weighted by atomic mass is 9.90. The summed E-state index contributed by atoms with van der Waals surface area (Å²) in [5, 5.41) is 33.5. The zero-order chi connectivity index (χ0) is 27.2. The molecule has 35 heavy (non-hydrogen) atoms. The van der Waals surface area contributed by atoms with Crippen LogP contribution in [-0.2, 0) is 0 Å². The SMILES string of the molecule is C.C.C.CC.CC.CCC(C)(CO)CO.CCC(C)(CS)CS.CN(CO)CO.CN(CS)CS. The molecule has 0 aromatic rings. The van der Waals surface area contributed by atoms with Gasteiger partial charge in [-0.3, -0.25) is 9.80 Å². The molecule has 0 atom stereocenters. The second-order valence-electron chi connectivity index (χ2n) is 7.24. The monoisotopic (exact) mass is 590 g/mol. The number of hydrogen-bond acceptors (Lipinski definition) is 10. The van der Waals surface area contributed by atoms with E-state index in [9.17, 15) is 0 Å². The van der Waals surface area contributed by atoms with Gasteiger partial charge in [0.25, 0.3) is 0 Å². The molecule has 0 radical (unpaired) electrons. The number of rotatable bonds is 10. The van der Waals surface area contributed by atoms with Gasteiger partial charge in [-0.25, -0.2) is 0 Å².